The van der Waals surface area contributed by atoms with Gasteiger partial charge in [0.25, 0.3) is 0 Å². The molecule has 1 heteroatoms. The molecule has 1 nitrogen and oxygen atoms in total. The molecule has 0 amide bonds. The fourth-order valence-corrected chi connectivity index (χ4v) is 3.98. The maximum Gasteiger partial charge on any atom is 0.0351 e. The summed E-state index contributed by atoms with van der Waals surface area (Å²) in [7, 11) is 0. The minimum Gasteiger partial charge on any atom is -0.307 e. The molecule has 0 aromatic heterocycles. The molecule has 1 atom stereocenters. The van der Waals surface area contributed by atoms with Crippen LogP contribution in [0.2, 0.25) is 0 Å². The molecular formula is C18H27N. The summed E-state index contributed by atoms with van der Waals surface area (Å²) in [6, 6.07) is 12.5. The van der Waals surface area contributed by atoms with Crippen molar-refractivity contribution < 1.29 is 0 Å². The Bertz CT molecular complexity index is 361. The van der Waals surface area contributed by atoms with Gasteiger partial charge in [0.05, 0.1) is 0 Å². The van der Waals surface area contributed by atoms with E-state index in [0.717, 1.165) is 12.0 Å². The Morgan fingerprint density at radius 1 is 0.789 bits per heavy atom. The maximum atomic E-state index is 4.00. The molecule has 1 aromatic rings. The van der Waals surface area contributed by atoms with Crippen LogP contribution in [0.15, 0.2) is 30.3 Å². The van der Waals surface area contributed by atoms with E-state index in [1.54, 1.807) is 0 Å². The Hall–Kier alpha value is -0.820. The standard InChI is InChI=1S/C18H27N/c1-3-9-15(10-4-1)18(16-11-5-2-6-12-16)19-17-13-7-8-14-17/h1,3-4,9-10,16-19H,2,5-8,11-14H2. The highest BCUT2D eigenvalue weighted by molar-refractivity contribution is 5.20. The third-order valence-electron chi connectivity index (χ3n) is 5.05. The highest BCUT2D eigenvalue weighted by Gasteiger charge is 2.27. The molecule has 2 saturated carbocycles. The Morgan fingerprint density at radius 3 is 2.11 bits per heavy atom. The van der Waals surface area contributed by atoms with Crippen molar-refractivity contribution in [3.05, 3.63) is 35.9 Å². The van der Waals surface area contributed by atoms with Crippen LogP contribution in [0.25, 0.3) is 0 Å². The van der Waals surface area contributed by atoms with Crippen LogP contribution < -0.4 is 5.32 Å². The van der Waals surface area contributed by atoms with Gasteiger partial charge in [-0.25, -0.2) is 0 Å². The van der Waals surface area contributed by atoms with Crippen LogP contribution in [0, 0.1) is 5.92 Å². The third kappa shape index (κ3) is 3.39. The molecule has 0 bridgehead atoms. The maximum absolute atomic E-state index is 4.00. The Kier molecular flexibility index (Phi) is 4.55. The third-order valence-corrected chi connectivity index (χ3v) is 5.05. The average Bonchev–Trinajstić information content (AvgIpc) is 3.00. The van der Waals surface area contributed by atoms with Gasteiger partial charge in [0.1, 0.15) is 0 Å². The van der Waals surface area contributed by atoms with Crippen molar-refractivity contribution >= 4 is 0 Å². The molecule has 2 aliphatic rings. The van der Waals surface area contributed by atoms with Gasteiger partial charge in [-0.15, -0.1) is 0 Å². The summed E-state index contributed by atoms with van der Waals surface area (Å²) in [5.41, 5.74) is 1.52. The lowest BCUT2D eigenvalue weighted by Crippen LogP contribution is -2.36. The molecule has 1 aromatic carbocycles. The largest absolute Gasteiger partial charge is 0.307 e. The monoisotopic (exact) mass is 257 g/mol. The van der Waals surface area contributed by atoms with Crippen LogP contribution in [-0.2, 0) is 0 Å². The van der Waals surface area contributed by atoms with Crippen molar-refractivity contribution in [2.45, 2.75) is 69.9 Å². The summed E-state index contributed by atoms with van der Waals surface area (Å²) in [5.74, 6) is 0.858. The van der Waals surface area contributed by atoms with Gasteiger partial charge < -0.3 is 5.32 Å². The fourth-order valence-electron chi connectivity index (χ4n) is 3.98. The summed E-state index contributed by atoms with van der Waals surface area (Å²) in [6.45, 7) is 0. The quantitative estimate of drug-likeness (QED) is 0.814. The second-order valence-electron chi connectivity index (χ2n) is 6.43. The number of nitrogens with one attached hydrogen (secondary N) is 1. The van der Waals surface area contributed by atoms with E-state index in [4.69, 9.17) is 0 Å². The first-order valence-corrected chi connectivity index (χ1v) is 8.24. The zero-order valence-electron chi connectivity index (χ0n) is 12.0. The van der Waals surface area contributed by atoms with Crippen LogP contribution in [-0.4, -0.2) is 6.04 Å². The first kappa shape index (κ1) is 13.2. The molecule has 0 spiro atoms. The molecule has 0 radical (unpaired) electrons. The molecule has 104 valence electrons. The minimum absolute atomic E-state index is 0.601. The van der Waals surface area contributed by atoms with Crippen LogP contribution in [0.3, 0.4) is 0 Å². The first-order valence-electron chi connectivity index (χ1n) is 8.24. The molecule has 0 aliphatic heterocycles. The zero-order valence-corrected chi connectivity index (χ0v) is 12.0. The van der Waals surface area contributed by atoms with Gasteiger partial charge in [-0.05, 0) is 37.2 Å². The molecule has 2 fully saturated rings. The Morgan fingerprint density at radius 2 is 1.42 bits per heavy atom. The van der Waals surface area contributed by atoms with E-state index in [2.05, 4.69) is 35.6 Å². The van der Waals surface area contributed by atoms with Crippen LogP contribution in [0.1, 0.15) is 69.4 Å². The van der Waals surface area contributed by atoms with Gasteiger partial charge in [-0.1, -0.05) is 62.4 Å². The SMILES string of the molecule is c1ccc(C(NC2CCCC2)C2CCCCC2)cc1. The highest BCUT2D eigenvalue weighted by Crippen LogP contribution is 2.35. The van der Waals surface area contributed by atoms with E-state index in [1.807, 2.05) is 0 Å². The second kappa shape index (κ2) is 6.56. The lowest BCUT2D eigenvalue weighted by molar-refractivity contribution is 0.253. The lowest BCUT2D eigenvalue weighted by Gasteiger charge is -2.33. The first-order chi connectivity index (χ1) is 9.43. The van der Waals surface area contributed by atoms with Crippen molar-refractivity contribution in [1.82, 2.24) is 5.32 Å². The molecule has 3 rings (SSSR count). The van der Waals surface area contributed by atoms with Crippen molar-refractivity contribution in [2.24, 2.45) is 5.92 Å². The van der Waals surface area contributed by atoms with E-state index < -0.39 is 0 Å². The van der Waals surface area contributed by atoms with Gasteiger partial charge >= 0.3 is 0 Å². The predicted octanol–water partition coefficient (Wildman–Crippen LogP) is 4.84. The van der Waals surface area contributed by atoms with E-state index in [0.29, 0.717) is 6.04 Å². The summed E-state index contributed by atoms with van der Waals surface area (Å²) in [6.07, 6.45) is 12.8. The predicted molar refractivity (Wildman–Crippen MR) is 81.1 cm³/mol. The summed E-state index contributed by atoms with van der Waals surface area (Å²) < 4.78 is 0. The van der Waals surface area contributed by atoms with Crippen molar-refractivity contribution in [3.63, 3.8) is 0 Å². The Labute approximate surface area is 117 Å². The zero-order chi connectivity index (χ0) is 12.9. The summed E-state index contributed by atoms with van der Waals surface area (Å²) in [5, 5.41) is 4.00. The number of hydrogen-bond donors (Lipinski definition) is 1. The van der Waals surface area contributed by atoms with Gasteiger partial charge in [0.2, 0.25) is 0 Å². The number of benzene rings is 1. The topological polar surface area (TPSA) is 12.0 Å². The molecule has 19 heavy (non-hydrogen) atoms. The summed E-state index contributed by atoms with van der Waals surface area (Å²) in [4.78, 5) is 0. The van der Waals surface area contributed by atoms with Crippen LogP contribution >= 0.6 is 0 Å². The van der Waals surface area contributed by atoms with E-state index in [9.17, 15) is 0 Å². The van der Waals surface area contributed by atoms with Crippen LogP contribution in [0.5, 0.6) is 0 Å². The second-order valence-corrected chi connectivity index (χ2v) is 6.43. The number of hydrogen-bond acceptors (Lipinski definition) is 1. The van der Waals surface area contributed by atoms with Gasteiger partial charge in [0.15, 0.2) is 0 Å². The van der Waals surface area contributed by atoms with Crippen molar-refractivity contribution in [2.75, 3.05) is 0 Å². The van der Waals surface area contributed by atoms with Gasteiger partial charge in [-0.3, -0.25) is 0 Å². The lowest BCUT2D eigenvalue weighted by atomic mass is 9.81. The average molecular weight is 257 g/mol. The highest BCUT2D eigenvalue weighted by atomic mass is 15.0. The molecule has 1 N–H and O–H groups in total. The molecule has 0 saturated heterocycles. The van der Waals surface area contributed by atoms with E-state index in [-0.39, 0.29) is 0 Å². The normalized spacial score (nSPS) is 23.6. The van der Waals surface area contributed by atoms with Crippen LogP contribution in [0.4, 0.5) is 0 Å². The van der Waals surface area contributed by atoms with Gasteiger partial charge in [0, 0.05) is 12.1 Å². The van der Waals surface area contributed by atoms with Crippen molar-refractivity contribution in [3.8, 4) is 0 Å². The number of rotatable bonds is 4. The Balaban J connectivity index is 1.73. The molecule has 2 aliphatic carbocycles. The smallest absolute Gasteiger partial charge is 0.0351 e. The van der Waals surface area contributed by atoms with E-state index >= 15 is 0 Å². The molecular weight excluding hydrogens is 230 g/mol. The minimum atomic E-state index is 0.601. The molecule has 1 unspecified atom stereocenters. The van der Waals surface area contributed by atoms with E-state index in [1.165, 1.54) is 63.4 Å². The summed E-state index contributed by atoms with van der Waals surface area (Å²) >= 11 is 0. The molecule has 0 heterocycles. The van der Waals surface area contributed by atoms with Crippen molar-refractivity contribution in [1.29, 1.82) is 0 Å². The van der Waals surface area contributed by atoms with Gasteiger partial charge in [-0.2, -0.15) is 0 Å². The fraction of sp³-hybridized carbons (Fsp3) is 0.667.